The fourth-order valence-corrected chi connectivity index (χ4v) is 2.57. The number of piperidine rings is 1. The van der Waals surface area contributed by atoms with Crippen molar-refractivity contribution in [2.45, 2.75) is 31.9 Å². The number of likely N-dealkylation sites (tertiary alicyclic amines) is 1. The fourth-order valence-electron chi connectivity index (χ4n) is 2.57. The minimum Gasteiger partial charge on any atom is -0.378 e. The molecule has 1 aliphatic heterocycles. The highest BCUT2D eigenvalue weighted by Gasteiger charge is 2.26. The molecular weight excluding hydrogens is 301 g/mol. The molecule has 23 heavy (non-hydrogen) atoms. The lowest BCUT2D eigenvalue weighted by molar-refractivity contribution is -0.130. The molecule has 3 amide bonds. The van der Waals surface area contributed by atoms with E-state index in [1.54, 1.807) is 4.90 Å². The topological polar surface area (TPSA) is 81.7 Å². The normalized spacial score (nSPS) is 16.7. The Morgan fingerprint density at radius 1 is 1.30 bits per heavy atom. The first kappa shape index (κ1) is 17.2. The van der Waals surface area contributed by atoms with E-state index < -0.39 is 17.8 Å². The Balaban J connectivity index is 1.82. The zero-order chi connectivity index (χ0) is 16.8. The summed E-state index contributed by atoms with van der Waals surface area (Å²) in [5.74, 6) is -0.924. The number of aliphatic hydroxyl groups is 1. The van der Waals surface area contributed by atoms with Gasteiger partial charge in [-0.05, 0) is 37.5 Å². The highest BCUT2D eigenvalue weighted by Crippen LogP contribution is 2.16. The molecule has 1 unspecified atom stereocenters. The van der Waals surface area contributed by atoms with Crippen molar-refractivity contribution in [3.05, 3.63) is 35.6 Å². The average molecular weight is 323 g/mol. The van der Waals surface area contributed by atoms with Gasteiger partial charge in [-0.2, -0.15) is 0 Å². The Morgan fingerprint density at radius 3 is 2.48 bits per heavy atom. The van der Waals surface area contributed by atoms with E-state index in [0.717, 1.165) is 0 Å². The fraction of sp³-hybridized carbons (Fsp3) is 0.500. The molecule has 3 N–H and O–H groups in total. The monoisotopic (exact) mass is 323 g/mol. The van der Waals surface area contributed by atoms with Crippen LogP contribution in [0.2, 0.25) is 0 Å². The largest absolute Gasteiger partial charge is 0.378 e. The first-order valence-electron chi connectivity index (χ1n) is 7.78. The molecule has 1 heterocycles. The summed E-state index contributed by atoms with van der Waals surface area (Å²) in [6.07, 6.45) is -0.0464. The van der Waals surface area contributed by atoms with Crippen molar-refractivity contribution in [1.29, 1.82) is 0 Å². The molecule has 6 nitrogen and oxygen atoms in total. The first-order chi connectivity index (χ1) is 11.0. The number of hydrogen-bond donors (Lipinski definition) is 3. The molecule has 0 saturated carbocycles. The van der Waals surface area contributed by atoms with Crippen LogP contribution in [-0.2, 0) is 4.79 Å². The quantitative estimate of drug-likeness (QED) is 0.778. The predicted octanol–water partition coefficient (Wildman–Crippen LogP) is 1.17. The van der Waals surface area contributed by atoms with Crippen molar-refractivity contribution >= 4 is 11.9 Å². The Hall–Kier alpha value is -2.15. The second kappa shape index (κ2) is 7.92. The van der Waals surface area contributed by atoms with E-state index >= 15 is 0 Å². The van der Waals surface area contributed by atoms with E-state index in [4.69, 9.17) is 0 Å². The number of carbonyl (C=O) groups is 2. The van der Waals surface area contributed by atoms with Gasteiger partial charge in [-0.3, -0.25) is 4.79 Å². The van der Waals surface area contributed by atoms with Gasteiger partial charge in [0.25, 0.3) is 5.91 Å². The van der Waals surface area contributed by atoms with Crippen molar-refractivity contribution in [2.24, 2.45) is 0 Å². The summed E-state index contributed by atoms with van der Waals surface area (Å²) in [4.78, 5) is 25.5. The molecule has 1 saturated heterocycles. The summed E-state index contributed by atoms with van der Waals surface area (Å²) >= 11 is 0. The van der Waals surface area contributed by atoms with Gasteiger partial charge in [0.2, 0.25) is 0 Å². The standard InChI is InChI=1S/C16H22FN3O3/c1-2-18-16(23)20-9-7-13(8-10-20)19-15(22)14(21)11-3-5-12(17)6-4-11/h3-6,13-14,21H,2,7-10H2,1H3,(H,18,23)(H,19,22). The van der Waals surface area contributed by atoms with Crippen LogP contribution in [0.25, 0.3) is 0 Å². The first-order valence-corrected chi connectivity index (χ1v) is 7.78. The van der Waals surface area contributed by atoms with Gasteiger partial charge in [-0.1, -0.05) is 12.1 Å². The van der Waals surface area contributed by atoms with E-state index in [1.165, 1.54) is 24.3 Å². The molecule has 1 atom stereocenters. The molecule has 2 rings (SSSR count). The zero-order valence-electron chi connectivity index (χ0n) is 13.1. The molecule has 1 aromatic rings. The number of benzene rings is 1. The van der Waals surface area contributed by atoms with Gasteiger partial charge >= 0.3 is 6.03 Å². The van der Waals surface area contributed by atoms with Gasteiger partial charge < -0.3 is 20.6 Å². The third-order valence-corrected chi connectivity index (χ3v) is 3.89. The van der Waals surface area contributed by atoms with Gasteiger partial charge in [0.05, 0.1) is 0 Å². The predicted molar refractivity (Wildman–Crippen MR) is 83.2 cm³/mol. The van der Waals surface area contributed by atoms with Crippen LogP contribution in [0.3, 0.4) is 0 Å². The van der Waals surface area contributed by atoms with Crippen LogP contribution >= 0.6 is 0 Å². The van der Waals surface area contributed by atoms with Crippen molar-refractivity contribution in [2.75, 3.05) is 19.6 Å². The molecular formula is C16H22FN3O3. The van der Waals surface area contributed by atoms with Crippen molar-refractivity contribution in [3.63, 3.8) is 0 Å². The highest BCUT2D eigenvalue weighted by molar-refractivity contribution is 5.82. The van der Waals surface area contributed by atoms with E-state index in [-0.39, 0.29) is 12.1 Å². The zero-order valence-corrected chi connectivity index (χ0v) is 13.1. The Bertz CT molecular complexity index is 542. The van der Waals surface area contributed by atoms with Gasteiger partial charge in [-0.25, -0.2) is 9.18 Å². The number of nitrogens with zero attached hydrogens (tertiary/aromatic N) is 1. The molecule has 0 radical (unpaired) electrons. The second-order valence-corrected chi connectivity index (χ2v) is 5.56. The SMILES string of the molecule is CCNC(=O)N1CCC(NC(=O)C(O)c2ccc(F)cc2)CC1. The molecule has 0 aliphatic carbocycles. The highest BCUT2D eigenvalue weighted by atomic mass is 19.1. The van der Waals surface area contributed by atoms with E-state index in [2.05, 4.69) is 10.6 Å². The smallest absolute Gasteiger partial charge is 0.317 e. The summed E-state index contributed by atoms with van der Waals surface area (Å²) in [5, 5.41) is 15.5. The van der Waals surface area contributed by atoms with Crippen LogP contribution in [0.15, 0.2) is 24.3 Å². The van der Waals surface area contributed by atoms with Gasteiger partial charge in [0.15, 0.2) is 6.10 Å². The summed E-state index contributed by atoms with van der Waals surface area (Å²) in [6.45, 7) is 3.56. The van der Waals surface area contributed by atoms with Crippen molar-refractivity contribution < 1.29 is 19.1 Å². The van der Waals surface area contributed by atoms with Crippen LogP contribution < -0.4 is 10.6 Å². The maximum absolute atomic E-state index is 12.9. The van der Waals surface area contributed by atoms with Crippen LogP contribution in [0.1, 0.15) is 31.4 Å². The van der Waals surface area contributed by atoms with Crippen molar-refractivity contribution in [3.8, 4) is 0 Å². The lowest BCUT2D eigenvalue weighted by atomic mass is 10.0. The number of carbonyl (C=O) groups excluding carboxylic acids is 2. The maximum atomic E-state index is 12.9. The molecule has 0 bridgehead atoms. The van der Waals surface area contributed by atoms with Crippen LogP contribution in [-0.4, -0.2) is 47.6 Å². The van der Waals surface area contributed by atoms with Gasteiger partial charge in [-0.15, -0.1) is 0 Å². The second-order valence-electron chi connectivity index (χ2n) is 5.56. The van der Waals surface area contributed by atoms with E-state index in [9.17, 15) is 19.1 Å². The third kappa shape index (κ3) is 4.66. The van der Waals surface area contributed by atoms with Crippen molar-refractivity contribution in [1.82, 2.24) is 15.5 Å². The maximum Gasteiger partial charge on any atom is 0.317 e. The van der Waals surface area contributed by atoms with Crippen LogP contribution in [0.5, 0.6) is 0 Å². The average Bonchev–Trinajstić information content (AvgIpc) is 2.55. The van der Waals surface area contributed by atoms with E-state index in [1.807, 2.05) is 6.92 Å². The molecule has 0 aromatic heterocycles. The Labute approximate surface area is 134 Å². The number of amides is 3. The number of urea groups is 1. The molecule has 7 heteroatoms. The lowest BCUT2D eigenvalue weighted by Crippen LogP contribution is -2.50. The van der Waals surface area contributed by atoms with Gasteiger partial charge in [0, 0.05) is 25.7 Å². The molecule has 1 aromatic carbocycles. The minimum absolute atomic E-state index is 0.0803. The third-order valence-electron chi connectivity index (χ3n) is 3.89. The number of nitrogens with one attached hydrogen (secondary N) is 2. The molecule has 1 fully saturated rings. The number of hydrogen-bond acceptors (Lipinski definition) is 3. The van der Waals surface area contributed by atoms with Crippen LogP contribution in [0, 0.1) is 5.82 Å². The molecule has 0 spiro atoms. The molecule has 126 valence electrons. The summed E-state index contributed by atoms with van der Waals surface area (Å²) in [7, 11) is 0. The summed E-state index contributed by atoms with van der Waals surface area (Å²) in [6, 6.07) is 5.01. The lowest BCUT2D eigenvalue weighted by Gasteiger charge is -2.32. The van der Waals surface area contributed by atoms with Crippen LogP contribution in [0.4, 0.5) is 9.18 Å². The number of rotatable bonds is 4. The number of aliphatic hydroxyl groups excluding tert-OH is 1. The Kier molecular flexibility index (Phi) is 5.92. The summed E-state index contributed by atoms with van der Waals surface area (Å²) < 4.78 is 12.9. The number of halogens is 1. The summed E-state index contributed by atoms with van der Waals surface area (Å²) in [5.41, 5.74) is 0.351. The molecule has 1 aliphatic rings. The Morgan fingerprint density at radius 2 is 1.91 bits per heavy atom. The minimum atomic E-state index is -1.32. The van der Waals surface area contributed by atoms with Gasteiger partial charge in [0.1, 0.15) is 5.82 Å². The van der Waals surface area contributed by atoms with E-state index in [0.29, 0.717) is 38.0 Å².